The van der Waals surface area contributed by atoms with Gasteiger partial charge in [-0.1, -0.05) is 44.6 Å². The standard InChI is InChI=1S/C27H44O3/c1-17(7-6-13-25(2,3)30)21-10-11-22-20-9-8-18-15-19(28)16-24(29)27(18,5)23(20)12-14-26(21,22)4/h6-8,17,19-24,28-30H,9-16H2,1-5H3/b7-6-/t17-,19-,20+,21-,22+,23+,24+,26-,27+/m1/s1. The number of fused-ring (bicyclic) bond motifs is 5. The summed E-state index contributed by atoms with van der Waals surface area (Å²) in [5, 5.41) is 31.3. The fourth-order valence-electron chi connectivity index (χ4n) is 8.31. The zero-order chi connectivity index (χ0) is 21.9. The number of allylic oxidation sites excluding steroid dienone is 2. The summed E-state index contributed by atoms with van der Waals surface area (Å²) in [5.41, 5.74) is 0.934. The molecule has 170 valence electrons. The molecule has 30 heavy (non-hydrogen) atoms. The summed E-state index contributed by atoms with van der Waals surface area (Å²) in [5.74, 6) is 3.20. The van der Waals surface area contributed by atoms with E-state index < -0.39 is 11.7 Å². The predicted octanol–water partition coefficient (Wildman–Crippen LogP) is 5.25. The third-order valence-corrected chi connectivity index (χ3v) is 9.94. The second-order valence-corrected chi connectivity index (χ2v) is 12.3. The van der Waals surface area contributed by atoms with Crippen molar-refractivity contribution >= 4 is 0 Å². The minimum absolute atomic E-state index is 0.139. The Hall–Kier alpha value is -0.640. The Balaban J connectivity index is 1.54. The van der Waals surface area contributed by atoms with Crippen LogP contribution < -0.4 is 0 Å². The van der Waals surface area contributed by atoms with Gasteiger partial charge in [0.05, 0.1) is 17.8 Å². The molecule has 4 aliphatic carbocycles. The molecule has 0 aromatic rings. The monoisotopic (exact) mass is 416 g/mol. The van der Waals surface area contributed by atoms with Gasteiger partial charge in [-0.15, -0.1) is 0 Å². The van der Waals surface area contributed by atoms with Crippen LogP contribution in [-0.2, 0) is 0 Å². The molecule has 0 aromatic carbocycles. The molecule has 3 N–H and O–H groups in total. The SMILES string of the molecule is C[C@H](/C=C\CC(C)(C)O)[C@H]1CC[C@H]2[C@@H]3CC=C4C[C@@H](O)C[C@H](O)[C@]4(C)[C@H]3CC[C@]12C. The van der Waals surface area contributed by atoms with E-state index in [4.69, 9.17) is 0 Å². The molecule has 0 heterocycles. The van der Waals surface area contributed by atoms with Gasteiger partial charge in [-0.05, 0) is 93.8 Å². The van der Waals surface area contributed by atoms with E-state index in [0.717, 1.165) is 18.8 Å². The molecule has 4 aliphatic rings. The highest BCUT2D eigenvalue weighted by molar-refractivity contribution is 5.27. The van der Waals surface area contributed by atoms with Gasteiger partial charge in [-0.3, -0.25) is 0 Å². The number of rotatable bonds is 4. The third kappa shape index (κ3) is 3.63. The van der Waals surface area contributed by atoms with Crippen LogP contribution in [0.25, 0.3) is 0 Å². The molecular weight excluding hydrogens is 372 g/mol. The fraction of sp³-hybridized carbons (Fsp3) is 0.852. The van der Waals surface area contributed by atoms with E-state index in [-0.39, 0.29) is 11.5 Å². The van der Waals surface area contributed by atoms with Gasteiger partial charge in [-0.2, -0.15) is 0 Å². The van der Waals surface area contributed by atoms with Crippen molar-refractivity contribution in [1.29, 1.82) is 0 Å². The molecule has 0 spiro atoms. The fourth-order valence-corrected chi connectivity index (χ4v) is 8.31. The van der Waals surface area contributed by atoms with E-state index in [1.54, 1.807) is 0 Å². The summed E-state index contributed by atoms with van der Waals surface area (Å²) < 4.78 is 0. The Bertz CT molecular complexity index is 703. The van der Waals surface area contributed by atoms with Crippen LogP contribution >= 0.6 is 0 Å². The third-order valence-electron chi connectivity index (χ3n) is 9.94. The van der Waals surface area contributed by atoms with Gasteiger partial charge in [0.25, 0.3) is 0 Å². The van der Waals surface area contributed by atoms with Gasteiger partial charge >= 0.3 is 0 Å². The van der Waals surface area contributed by atoms with Gasteiger partial charge in [-0.25, -0.2) is 0 Å². The van der Waals surface area contributed by atoms with Crippen molar-refractivity contribution in [3.05, 3.63) is 23.8 Å². The maximum atomic E-state index is 11.1. The first-order valence-corrected chi connectivity index (χ1v) is 12.4. The van der Waals surface area contributed by atoms with Crippen LogP contribution in [0.3, 0.4) is 0 Å². The quantitative estimate of drug-likeness (QED) is 0.549. The van der Waals surface area contributed by atoms with Crippen LogP contribution in [0.5, 0.6) is 0 Å². The maximum Gasteiger partial charge on any atom is 0.0658 e. The zero-order valence-electron chi connectivity index (χ0n) is 19.8. The summed E-state index contributed by atoms with van der Waals surface area (Å²) in [6, 6.07) is 0. The highest BCUT2D eigenvalue weighted by Crippen LogP contribution is 2.67. The highest BCUT2D eigenvalue weighted by Gasteiger charge is 2.60. The van der Waals surface area contributed by atoms with Crippen LogP contribution in [-0.4, -0.2) is 33.1 Å². The molecule has 3 saturated carbocycles. The van der Waals surface area contributed by atoms with Gasteiger partial charge in [0.1, 0.15) is 0 Å². The minimum Gasteiger partial charge on any atom is -0.393 e. The lowest BCUT2D eigenvalue weighted by atomic mass is 9.46. The van der Waals surface area contributed by atoms with Crippen LogP contribution in [0.1, 0.15) is 86.0 Å². The van der Waals surface area contributed by atoms with Crippen molar-refractivity contribution in [1.82, 2.24) is 0 Å². The molecule has 3 fully saturated rings. The summed E-state index contributed by atoms with van der Waals surface area (Å²) in [6.45, 7) is 11.0. The Morgan fingerprint density at radius 3 is 2.60 bits per heavy atom. The van der Waals surface area contributed by atoms with Gasteiger partial charge in [0, 0.05) is 11.8 Å². The Morgan fingerprint density at radius 1 is 1.17 bits per heavy atom. The first kappa shape index (κ1) is 22.6. The topological polar surface area (TPSA) is 60.7 Å². The summed E-state index contributed by atoms with van der Waals surface area (Å²) >= 11 is 0. The number of aliphatic hydroxyl groups is 3. The molecule has 9 atom stereocenters. The molecule has 3 nitrogen and oxygen atoms in total. The lowest BCUT2D eigenvalue weighted by Gasteiger charge is -2.59. The summed E-state index contributed by atoms with van der Waals surface area (Å²) in [7, 11) is 0. The largest absolute Gasteiger partial charge is 0.393 e. The van der Waals surface area contributed by atoms with Crippen molar-refractivity contribution in [2.45, 2.75) is 104 Å². The zero-order valence-corrected chi connectivity index (χ0v) is 19.8. The second-order valence-electron chi connectivity index (χ2n) is 12.3. The highest BCUT2D eigenvalue weighted by atomic mass is 16.3. The van der Waals surface area contributed by atoms with E-state index in [9.17, 15) is 15.3 Å². The van der Waals surface area contributed by atoms with Crippen LogP contribution in [0.2, 0.25) is 0 Å². The Morgan fingerprint density at radius 2 is 1.90 bits per heavy atom. The molecular formula is C27H44O3. The van der Waals surface area contributed by atoms with Crippen molar-refractivity contribution in [2.75, 3.05) is 0 Å². The average Bonchev–Trinajstić information content (AvgIpc) is 2.99. The number of aliphatic hydroxyl groups excluding tert-OH is 2. The lowest BCUT2D eigenvalue weighted by molar-refractivity contribution is -0.106. The van der Waals surface area contributed by atoms with Gasteiger partial charge in [0.2, 0.25) is 0 Å². The molecule has 0 aliphatic heterocycles. The average molecular weight is 417 g/mol. The maximum absolute atomic E-state index is 11.1. The summed E-state index contributed by atoms with van der Waals surface area (Å²) in [6.07, 6.45) is 14.4. The molecule has 3 heteroatoms. The molecule has 0 amide bonds. The van der Waals surface area contributed by atoms with Crippen molar-refractivity contribution in [2.24, 2.45) is 40.4 Å². The normalized spacial score (nSPS) is 47.4. The lowest BCUT2D eigenvalue weighted by Crippen LogP contribution is -2.55. The minimum atomic E-state index is -0.633. The molecule has 0 aromatic heterocycles. The first-order chi connectivity index (χ1) is 14.0. The van der Waals surface area contributed by atoms with Crippen molar-refractivity contribution < 1.29 is 15.3 Å². The van der Waals surface area contributed by atoms with Crippen LogP contribution in [0.4, 0.5) is 0 Å². The molecule has 0 saturated heterocycles. The molecule has 4 rings (SSSR count). The van der Waals surface area contributed by atoms with E-state index in [1.807, 2.05) is 13.8 Å². The smallest absolute Gasteiger partial charge is 0.0658 e. The van der Waals surface area contributed by atoms with E-state index in [2.05, 4.69) is 39.0 Å². The Labute approximate surface area is 183 Å². The summed E-state index contributed by atoms with van der Waals surface area (Å²) in [4.78, 5) is 0. The predicted molar refractivity (Wildman–Crippen MR) is 122 cm³/mol. The second kappa shape index (κ2) is 7.74. The first-order valence-electron chi connectivity index (χ1n) is 12.4. The van der Waals surface area contributed by atoms with Crippen molar-refractivity contribution in [3.8, 4) is 0 Å². The number of hydrogen-bond acceptors (Lipinski definition) is 3. The van der Waals surface area contributed by atoms with E-state index in [0.29, 0.717) is 41.9 Å². The Kier molecular flexibility index (Phi) is 5.82. The van der Waals surface area contributed by atoms with Crippen molar-refractivity contribution in [3.63, 3.8) is 0 Å². The van der Waals surface area contributed by atoms with E-state index in [1.165, 1.54) is 31.3 Å². The molecule has 0 bridgehead atoms. The van der Waals surface area contributed by atoms with Crippen LogP contribution in [0, 0.1) is 40.4 Å². The molecule has 0 radical (unpaired) electrons. The van der Waals surface area contributed by atoms with Gasteiger partial charge in [0.15, 0.2) is 0 Å². The van der Waals surface area contributed by atoms with Gasteiger partial charge < -0.3 is 15.3 Å². The molecule has 0 unspecified atom stereocenters. The van der Waals surface area contributed by atoms with E-state index >= 15 is 0 Å². The number of hydrogen-bond donors (Lipinski definition) is 3. The van der Waals surface area contributed by atoms with Crippen LogP contribution in [0.15, 0.2) is 23.8 Å².